The average molecular weight is 212 g/mol. The van der Waals surface area contributed by atoms with Crippen molar-refractivity contribution in [1.29, 1.82) is 0 Å². The lowest BCUT2D eigenvalue weighted by Gasteiger charge is -2.17. The number of anilines is 1. The molecule has 3 nitrogen and oxygen atoms in total. The van der Waals surface area contributed by atoms with E-state index in [1.807, 2.05) is 43.7 Å². The number of hydrogen-bond acceptors (Lipinski definition) is 3. The molecule has 0 N–H and O–H groups in total. The zero-order chi connectivity index (χ0) is 11.2. The summed E-state index contributed by atoms with van der Waals surface area (Å²) in [6.07, 6.45) is 6.34. The van der Waals surface area contributed by atoms with Crippen LogP contribution in [0.5, 0.6) is 0 Å². The fourth-order valence-electron chi connectivity index (χ4n) is 1.50. The van der Waals surface area contributed by atoms with Crippen molar-refractivity contribution in [3.05, 3.63) is 54.5 Å². The Labute approximate surface area is 95.8 Å². The second-order valence-corrected chi connectivity index (χ2v) is 3.64. The molecule has 2 aromatic rings. The van der Waals surface area contributed by atoms with Crippen LogP contribution in [-0.2, 0) is 6.42 Å². The molecule has 2 heterocycles. The van der Waals surface area contributed by atoms with Gasteiger partial charge in [-0.3, -0.25) is 4.98 Å². The summed E-state index contributed by atoms with van der Waals surface area (Å²) in [4.78, 5) is 10.4. The molecule has 0 aliphatic rings. The van der Waals surface area contributed by atoms with Crippen molar-refractivity contribution < 1.29 is 0 Å². The van der Waals surface area contributed by atoms with Gasteiger partial charge in [0.1, 0.15) is 5.82 Å². The SMILES string of the molecule is CN(CCc1ccncc1)c1cc[c]cn1. The van der Waals surface area contributed by atoms with Gasteiger partial charge in [-0.2, -0.15) is 0 Å². The first-order chi connectivity index (χ1) is 7.86. The van der Waals surface area contributed by atoms with Crippen molar-refractivity contribution in [2.24, 2.45) is 0 Å². The summed E-state index contributed by atoms with van der Waals surface area (Å²) in [5.74, 6) is 0.979. The second-order valence-electron chi connectivity index (χ2n) is 3.64. The van der Waals surface area contributed by atoms with Gasteiger partial charge in [-0.25, -0.2) is 4.98 Å². The Balaban J connectivity index is 1.92. The second kappa shape index (κ2) is 5.26. The topological polar surface area (TPSA) is 29.0 Å². The Bertz CT molecular complexity index is 414. The molecule has 16 heavy (non-hydrogen) atoms. The van der Waals surface area contributed by atoms with E-state index in [9.17, 15) is 0 Å². The zero-order valence-corrected chi connectivity index (χ0v) is 9.30. The lowest BCUT2D eigenvalue weighted by molar-refractivity contribution is 0.858. The van der Waals surface area contributed by atoms with E-state index < -0.39 is 0 Å². The van der Waals surface area contributed by atoms with Gasteiger partial charge in [-0.1, -0.05) is 0 Å². The molecular formula is C13H14N3. The number of pyridine rings is 2. The van der Waals surface area contributed by atoms with Gasteiger partial charge >= 0.3 is 0 Å². The highest BCUT2D eigenvalue weighted by Crippen LogP contribution is 2.07. The maximum absolute atomic E-state index is 4.25. The highest BCUT2D eigenvalue weighted by Gasteiger charge is 2.01. The van der Waals surface area contributed by atoms with Gasteiger partial charge in [0.25, 0.3) is 0 Å². The van der Waals surface area contributed by atoms with Gasteiger partial charge in [0.2, 0.25) is 0 Å². The van der Waals surface area contributed by atoms with Crippen molar-refractivity contribution in [2.45, 2.75) is 6.42 Å². The summed E-state index contributed by atoms with van der Waals surface area (Å²) >= 11 is 0. The number of nitrogens with zero attached hydrogens (tertiary/aromatic N) is 3. The van der Waals surface area contributed by atoms with Gasteiger partial charge in [0.15, 0.2) is 0 Å². The first-order valence-corrected chi connectivity index (χ1v) is 5.28. The molecule has 0 saturated heterocycles. The minimum atomic E-state index is 0.945. The fraction of sp³-hybridized carbons (Fsp3) is 0.231. The van der Waals surface area contributed by atoms with E-state index in [1.54, 1.807) is 6.20 Å². The van der Waals surface area contributed by atoms with Gasteiger partial charge in [-0.15, -0.1) is 0 Å². The van der Waals surface area contributed by atoms with Crippen molar-refractivity contribution in [3.8, 4) is 0 Å². The van der Waals surface area contributed by atoms with Crippen LogP contribution in [0, 0.1) is 6.07 Å². The van der Waals surface area contributed by atoms with E-state index in [0.29, 0.717) is 0 Å². The van der Waals surface area contributed by atoms with E-state index in [2.05, 4.69) is 20.9 Å². The van der Waals surface area contributed by atoms with Crippen LogP contribution in [0.15, 0.2) is 42.9 Å². The Kier molecular flexibility index (Phi) is 3.49. The number of hydrogen-bond donors (Lipinski definition) is 0. The predicted octanol–water partition coefficient (Wildman–Crippen LogP) is 1.96. The summed E-state index contributed by atoms with van der Waals surface area (Å²) in [6, 6.07) is 10.8. The molecule has 1 radical (unpaired) electrons. The molecule has 3 heteroatoms. The third kappa shape index (κ3) is 2.79. The molecule has 2 rings (SSSR count). The molecule has 0 amide bonds. The first-order valence-electron chi connectivity index (χ1n) is 5.28. The predicted molar refractivity (Wildman–Crippen MR) is 64.3 cm³/mol. The summed E-state index contributed by atoms with van der Waals surface area (Å²) in [5.41, 5.74) is 1.30. The van der Waals surface area contributed by atoms with Crippen LogP contribution in [-0.4, -0.2) is 23.6 Å². The molecule has 0 aromatic carbocycles. The Hall–Kier alpha value is -1.90. The third-order valence-corrected chi connectivity index (χ3v) is 2.48. The highest BCUT2D eigenvalue weighted by atomic mass is 15.2. The van der Waals surface area contributed by atoms with E-state index in [4.69, 9.17) is 0 Å². The van der Waals surface area contributed by atoms with Crippen LogP contribution in [0.1, 0.15) is 5.56 Å². The maximum Gasteiger partial charge on any atom is 0.128 e. The molecule has 0 unspecified atom stereocenters. The quantitative estimate of drug-likeness (QED) is 0.775. The van der Waals surface area contributed by atoms with E-state index in [-0.39, 0.29) is 0 Å². The van der Waals surface area contributed by atoms with Crippen molar-refractivity contribution in [3.63, 3.8) is 0 Å². The van der Waals surface area contributed by atoms with Crippen LogP contribution in [0.2, 0.25) is 0 Å². The van der Waals surface area contributed by atoms with E-state index >= 15 is 0 Å². The lowest BCUT2D eigenvalue weighted by atomic mass is 10.2. The van der Waals surface area contributed by atoms with Crippen molar-refractivity contribution in [1.82, 2.24) is 9.97 Å². The normalized spacial score (nSPS) is 10.1. The van der Waals surface area contributed by atoms with Crippen LogP contribution in [0.3, 0.4) is 0 Å². The smallest absolute Gasteiger partial charge is 0.128 e. The molecule has 0 saturated carbocycles. The van der Waals surface area contributed by atoms with E-state index in [1.165, 1.54) is 5.56 Å². The lowest BCUT2D eigenvalue weighted by Crippen LogP contribution is -2.21. The average Bonchev–Trinajstić information content (AvgIpc) is 2.38. The fourth-order valence-corrected chi connectivity index (χ4v) is 1.50. The summed E-state index contributed by atoms with van der Waals surface area (Å²) in [6.45, 7) is 0.945. The van der Waals surface area contributed by atoms with Gasteiger partial charge < -0.3 is 4.90 Å². The highest BCUT2D eigenvalue weighted by molar-refractivity contribution is 5.36. The minimum Gasteiger partial charge on any atom is -0.359 e. The standard InChI is InChI=1S/C13H14N3/c1-16(13-4-2-3-8-15-13)11-7-12-5-9-14-10-6-12/h2,4-6,8-10H,7,11H2,1H3. The Morgan fingerprint density at radius 2 is 2.06 bits per heavy atom. The monoisotopic (exact) mass is 212 g/mol. The molecule has 81 valence electrons. The molecular weight excluding hydrogens is 198 g/mol. The Morgan fingerprint density at radius 3 is 2.75 bits per heavy atom. The van der Waals surface area contributed by atoms with Crippen LogP contribution in [0.4, 0.5) is 5.82 Å². The molecule has 0 atom stereocenters. The molecule has 0 spiro atoms. The van der Waals surface area contributed by atoms with Gasteiger partial charge in [0.05, 0.1) is 0 Å². The molecule has 2 aromatic heterocycles. The van der Waals surface area contributed by atoms with Crippen molar-refractivity contribution in [2.75, 3.05) is 18.5 Å². The van der Waals surface area contributed by atoms with Crippen LogP contribution < -0.4 is 4.90 Å². The van der Waals surface area contributed by atoms with Crippen LogP contribution in [0.25, 0.3) is 0 Å². The van der Waals surface area contributed by atoms with Gasteiger partial charge in [-0.05, 0) is 36.2 Å². The molecule has 0 aliphatic carbocycles. The van der Waals surface area contributed by atoms with Gasteiger partial charge in [0, 0.05) is 38.2 Å². The summed E-state index contributed by atoms with van der Waals surface area (Å²) < 4.78 is 0. The summed E-state index contributed by atoms with van der Waals surface area (Å²) in [5, 5.41) is 0. The first kappa shape index (κ1) is 10.6. The van der Waals surface area contributed by atoms with E-state index in [0.717, 1.165) is 18.8 Å². The number of aromatic nitrogens is 2. The van der Waals surface area contributed by atoms with Crippen molar-refractivity contribution >= 4 is 5.82 Å². The zero-order valence-electron chi connectivity index (χ0n) is 9.30. The summed E-state index contributed by atoms with van der Waals surface area (Å²) in [7, 11) is 2.05. The maximum atomic E-state index is 4.25. The minimum absolute atomic E-state index is 0.945. The number of likely N-dealkylation sites (N-methyl/N-ethyl adjacent to an activating group) is 1. The molecule has 0 fully saturated rings. The Morgan fingerprint density at radius 1 is 1.25 bits per heavy atom. The third-order valence-electron chi connectivity index (χ3n) is 2.48. The molecule has 0 aliphatic heterocycles. The number of rotatable bonds is 4. The largest absolute Gasteiger partial charge is 0.359 e. The van der Waals surface area contributed by atoms with Crippen LogP contribution >= 0.6 is 0 Å². The molecule has 0 bridgehead atoms.